The number of nitrogens with zero attached hydrogens (tertiary/aromatic N) is 1. The third kappa shape index (κ3) is 7.28. The van der Waals surface area contributed by atoms with Crippen molar-refractivity contribution in [3.8, 4) is 23.0 Å². The average molecular weight is 529 g/mol. The summed E-state index contributed by atoms with van der Waals surface area (Å²) >= 11 is 11.9. The summed E-state index contributed by atoms with van der Waals surface area (Å²) in [6, 6.07) is 4.76. The molecule has 0 saturated carbocycles. The Morgan fingerprint density at radius 2 is 1.40 bits per heavy atom. The number of carbonyl (C=O) groups is 3. The molecule has 11 nitrogen and oxygen atoms in total. The summed E-state index contributed by atoms with van der Waals surface area (Å²) in [6.45, 7) is 0.455. The van der Waals surface area contributed by atoms with Crippen LogP contribution in [-0.4, -0.2) is 75.8 Å². The fourth-order valence-electron chi connectivity index (χ4n) is 3.04. The molecule has 8 N–H and O–H groups in total. The quantitative estimate of drug-likeness (QED) is 0.169. The van der Waals surface area contributed by atoms with E-state index in [0.717, 1.165) is 12.1 Å². The van der Waals surface area contributed by atoms with Crippen LogP contribution in [0.2, 0.25) is 10.0 Å². The Labute approximate surface area is 211 Å². The summed E-state index contributed by atoms with van der Waals surface area (Å²) in [7, 11) is 0. The Kier molecular flexibility index (Phi) is 10.2. The summed E-state index contributed by atoms with van der Waals surface area (Å²) in [5.74, 6) is -3.83. The van der Waals surface area contributed by atoms with E-state index >= 15 is 0 Å². The normalized spacial score (nSPS) is 10.6. The second-order valence-electron chi connectivity index (χ2n) is 7.42. The monoisotopic (exact) mass is 528 g/mol. The van der Waals surface area contributed by atoms with Crippen LogP contribution in [0.1, 0.15) is 33.6 Å². The SMILES string of the molecule is NCCNC(=O)CN(CCCCNC(=O)c1ccc(O)c(O)c1Cl)C(=O)c1ccc(O)c(O)c1Cl. The van der Waals surface area contributed by atoms with Gasteiger partial charge in [-0.15, -0.1) is 0 Å². The number of phenols is 4. The first kappa shape index (κ1) is 27.8. The van der Waals surface area contributed by atoms with Gasteiger partial charge in [0.25, 0.3) is 11.8 Å². The van der Waals surface area contributed by atoms with Gasteiger partial charge in [0, 0.05) is 26.2 Å². The van der Waals surface area contributed by atoms with Gasteiger partial charge in [-0.25, -0.2) is 0 Å². The van der Waals surface area contributed by atoms with Gasteiger partial charge in [0.1, 0.15) is 0 Å². The van der Waals surface area contributed by atoms with Crippen LogP contribution in [-0.2, 0) is 4.79 Å². The van der Waals surface area contributed by atoms with Crippen molar-refractivity contribution in [3.05, 3.63) is 45.4 Å². The standard InChI is InChI=1S/C22H26Cl2N4O7/c23-17-12(3-5-14(29)19(17)32)21(34)27-8-1-2-10-28(11-16(31)26-9-7-25)22(35)13-4-6-15(30)20(33)18(13)24/h3-6,29-30,32-33H,1-2,7-11,25H2,(H,26,31)(H,27,34). The van der Waals surface area contributed by atoms with Crippen molar-refractivity contribution >= 4 is 40.9 Å². The summed E-state index contributed by atoms with van der Waals surface area (Å²) in [5.41, 5.74) is 5.27. The molecule has 35 heavy (non-hydrogen) atoms. The minimum Gasteiger partial charge on any atom is -0.504 e. The van der Waals surface area contributed by atoms with Gasteiger partial charge in [0.05, 0.1) is 27.7 Å². The smallest absolute Gasteiger partial charge is 0.255 e. The van der Waals surface area contributed by atoms with Crippen LogP contribution in [0.4, 0.5) is 0 Å². The lowest BCUT2D eigenvalue weighted by Crippen LogP contribution is -2.42. The number of unbranched alkanes of at least 4 members (excludes halogenated alkanes) is 1. The third-order valence-corrected chi connectivity index (χ3v) is 5.66. The molecule has 13 heteroatoms. The Hall–Kier alpha value is -3.41. The van der Waals surface area contributed by atoms with Gasteiger partial charge in [-0.2, -0.15) is 0 Å². The van der Waals surface area contributed by atoms with Crippen LogP contribution in [0, 0.1) is 0 Å². The highest BCUT2D eigenvalue weighted by Gasteiger charge is 2.23. The lowest BCUT2D eigenvalue weighted by Gasteiger charge is -2.23. The van der Waals surface area contributed by atoms with E-state index in [1.807, 2.05) is 0 Å². The van der Waals surface area contributed by atoms with Crippen molar-refractivity contribution in [1.82, 2.24) is 15.5 Å². The van der Waals surface area contributed by atoms with E-state index in [9.17, 15) is 34.8 Å². The number of nitrogens with two attached hydrogens (primary N) is 1. The number of amides is 3. The van der Waals surface area contributed by atoms with E-state index in [4.69, 9.17) is 28.9 Å². The maximum absolute atomic E-state index is 13.0. The number of nitrogens with one attached hydrogen (secondary N) is 2. The van der Waals surface area contributed by atoms with Gasteiger partial charge in [0.2, 0.25) is 5.91 Å². The molecule has 0 saturated heterocycles. The fraction of sp³-hybridized carbons (Fsp3) is 0.318. The Morgan fingerprint density at radius 3 is 2.00 bits per heavy atom. The summed E-state index contributed by atoms with van der Waals surface area (Å²) in [4.78, 5) is 38.7. The van der Waals surface area contributed by atoms with Gasteiger partial charge in [-0.1, -0.05) is 23.2 Å². The molecule has 0 bridgehead atoms. The molecule has 0 heterocycles. The molecule has 0 atom stereocenters. The van der Waals surface area contributed by atoms with E-state index in [2.05, 4.69) is 10.6 Å². The summed E-state index contributed by atoms with van der Waals surface area (Å²) in [6.07, 6.45) is 0.794. The second-order valence-corrected chi connectivity index (χ2v) is 8.17. The molecular formula is C22H26Cl2N4O7. The van der Waals surface area contributed by atoms with Crippen molar-refractivity contribution in [2.45, 2.75) is 12.8 Å². The lowest BCUT2D eigenvalue weighted by atomic mass is 10.1. The van der Waals surface area contributed by atoms with E-state index in [1.54, 1.807) is 0 Å². The molecule has 0 aromatic heterocycles. The molecule has 3 amide bonds. The molecule has 0 aliphatic carbocycles. The van der Waals surface area contributed by atoms with E-state index in [0.29, 0.717) is 12.8 Å². The van der Waals surface area contributed by atoms with Crippen LogP contribution in [0.3, 0.4) is 0 Å². The highest BCUT2D eigenvalue weighted by molar-refractivity contribution is 6.36. The predicted octanol–water partition coefficient (Wildman–Crippen LogP) is 1.54. The highest BCUT2D eigenvalue weighted by Crippen LogP contribution is 2.36. The average Bonchev–Trinajstić information content (AvgIpc) is 2.83. The molecule has 0 fully saturated rings. The largest absolute Gasteiger partial charge is 0.504 e. The number of phenolic OH excluding ortho intramolecular Hbond substituents is 4. The number of halogens is 2. The predicted molar refractivity (Wildman–Crippen MR) is 129 cm³/mol. The number of benzene rings is 2. The van der Waals surface area contributed by atoms with E-state index in [1.165, 1.54) is 17.0 Å². The molecule has 190 valence electrons. The van der Waals surface area contributed by atoms with Gasteiger partial charge in [-0.05, 0) is 37.1 Å². The number of hydrogen-bond acceptors (Lipinski definition) is 8. The van der Waals surface area contributed by atoms with Gasteiger partial charge in [0.15, 0.2) is 23.0 Å². The van der Waals surface area contributed by atoms with Gasteiger partial charge >= 0.3 is 0 Å². The van der Waals surface area contributed by atoms with Crippen molar-refractivity contribution in [2.24, 2.45) is 5.73 Å². The molecule has 0 aliphatic rings. The maximum atomic E-state index is 13.0. The van der Waals surface area contributed by atoms with Crippen LogP contribution in [0.5, 0.6) is 23.0 Å². The Balaban J connectivity index is 2.00. The van der Waals surface area contributed by atoms with Crippen LogP contribution < -0.4 is 16.4 Å². The summed E-state index contributed by atoms with van der Waals surface area (Å²) in [5, 5.41) is 43.0. The molecule has 2 rings (SSSR count). The molecular weight excluding hydrogens is 503 g/mol. The molecule has 2 aromatic rings. The topological polar surface area (TPSA) is 185 Å². The highest BCUT2D eigenvalue weighted by atomic mass is 35.5. The third-order valence-electron chi connectivity index (χ3n) is 4.89. The van der Waals surface area contributed by atoms with Crippen molar-refractivity contribution < 1.29 is 34.8 Å². The molecule has 0 radical (unpaired) electrons. The zero-order valence-corrected chi connectivity index (χ0v) is 20.1. The van der Waals surface area contributed by atoms with Crippen molar-refractivity contribution in [2.75, 3.05) is 32.7 Å². The fourth-order valence-corrected chi connectivity index (χ4v) is 3.52. The molecule has 2 aromatic carbocycles. The minimum absolute atomic E-state index is 0.0166. The minimum atomic E-state index is -0.647. The molecule has 0 aliphatic heterocycles. The second kappa shape index (κ2) is 12.9. The molecule has 0 spiro atoms. The first-order valence-electron chi connectivity index (χ1n) is 10.5. The zero-order valence-electron chi connectivity index (χ0n) is 18.6. The number of aromatic hydroxyl groups is 4. The van der Waals surface area contributed by atoms with Crippen LogP contribution in [0.25, 0.3) is 0 Å². The summed E-state index contributed by atoms with van der Waals surface area (Å²) < 4.78 is 0. The first-order valence-corrected chi connectivity index (χ1v) is 11.3. The van der Waals surface area contributed by atoms with Crippen molar-refractivity contribution in [3.63, 3.8) is 0 Å². The van der Waals surface area contributed by atoms with Crippen molar-refractivity contribution in [1.29, 1.82) is 0 Å². The maximum Gasteiger partial charge on any atom is 0.255 e. The van der Waals surface area contributed by atoms with Gasteiger partial charge in [-0.3, -0.25) is 14.4 Å². The van der Waals surface area contributed by atoms with Crippen LogP contribution in [0.15, 0.2) is 24.3 Å². The van der Waals surface area contributed by atoms with E-state index in [-0.39, 0.29) is 53.9 Å². The number of rotatable bonds is 11. The lowest BCUT2D eigenvalue weighted by molar-refractivity contribution is -0.121. The Bertz CT molecular complexity index is 1100. The zero-order chi connectivity index (χ0) is 26.1. The molecule has 0 unspecified atom stereocenters. The first-order chi connectivity index (χ1) is 16.6. The Morgan fingerprint density at radius 1 is 0.829 bits per heavy atom. The van der Waals surface area contributed by atoms with Crippen LogP contribution >= 0.6 is 23.2 Å². The number of carbonyl (C=O) groups excluding carboxylic acids is 3. The van der Waals surface area contributed by atoms with Gasteiger partial charge < -0.3 is 41.7 Å². The van der Waals surface area contributed by atoms with E-state index < -0.39 is 40.7 Å². The number of hydrogen-bond donors (Lipinski definition) is 7.